The number of benzene rings is 1. The largest absolute Gasteiger partial charge is 0.480 e. The third-order valence-corrected chi connectivity index (χ3v) is 4.23. The number of rotatable bonds is 5. The number of aromatic nitrogens is 1. The Morgan fingerprint density at radius 2 is 1.88 bits per heavy atom. The molecule has 0 spiro atoms. The molecule has 2 aromatic rings. The molecule has 1 aromatic heterocycles. The molecular formula is C18H20N2O4. The lowest BCUT2D eigenvalue weighted by Gasteiger charge is -2.20. The van der Waals surface area contributed by atoms with Gasteiger partial charge in [-0.1, -0.05) is 41.9 Å². The molecule has 0 atom stereocenters. The van der Waals surface area contributed by atoms with E-state index in [1.165, 1.54) is 4.90 Å². The highest BCUT2D eigenvalue weighted by molar-refractivity contribution is 5.95. The van der Waals surface area contributed by atoms with Crippen LogP contribution < -0.4 is 0 Å². The molecule has 3 rings (SSSR count). The summed E-state index contributed by atoms with van der Waals surface area (Å²) in [6.07, 6.45) is 4.66. The summed E-state index contributed by atoms with van der Waals surface area (Å²) >= 11 is 0. The number of carbonyl (C=O) groups is 2. The van der Waals surface area contributed by atoms with Crippen LogP contribution in [0.25, 0.3) is 0 Å². The van der Waals surface area contributed by atoms with Crippen molar-refractivity contribution >= 4 is 11.9 Å². The third-order valence-electron chi connectivity index (χ3n) is 4.23. The van der Waals surface area contributed by atoms with Crippen LogP contribution in [0.2, 0.25) is 0 Å². The molecule has 1 aliphatic carbocycles. The lowest BCUT2D eigenvalue weighted by molar-refractivity contribution is -0.137. The molecule has 126 valence electrons. The molecule has 1 N–H and O–H groups in total. The number of hydrogen-bond acceptors (Lipinski definition) is 4. The first-order valence-corrected chi connectivity index (χ1v) is 8.17. The lowest BCUT2D eigenvalue weighted by Crippen LogP contribution is -2.35. The van der Waals surface area contributed by atoms with E-state index < -0.39 is 5.97 Å². The third kappa shape index (κ3) is 3.64. The number of hydrogen-bond donors (Lipinski definition) is 1. The second kappa shape index (κ2) is 7.29. The maximum absolute atomic E-state index is 12.9. The summed E-state index contributed by atoms with van der Waals surface area (Å²) in [5.41, 5.74) is 1.99. The Morgan fingerprint density at radius 3 is 2.62 bits per heavy atom. The van der Waals surface area contributed by atoms with Gasteiger partial charge in [-0.05, 0) is 24.8 Å². The van der Waals surface area contributed by atoms with E-state index in [0.29, 0.717) is 0 Å². The van der Waals surface area contributed by atoms with Crippen LogP contribution in [0.3, 0.4) is 0 Å². The Bertz CT molecular complexity index is 724. The van der Waals surface area contributed by atoms with Crippen LogP contribution in [0.1, 0.15) is 46.6 Å². The van der Waals surface area contributed by atoms with E-state index in [1.807, 2.05) is 30.3 Å². The molecule has 0 aliphatic heterocycles. The fourth-order valence-corrected chi connectivity index (χ4v) is 3.05. The number of carboxylic acid groups (broad SMARTS) is 1. The Labute approximate surface area is 140 Å². The molecule has 0 fully saturated rings. The quantitative estimate of drug-likeness (QED) is 0.853. The van der Waals surface area contributed by atoms with Gasteiger partial charge in [0, 0.05) is 18.5 Å². The van der Waals surface area contributed by atoms with Crippen molar-refractivity contribution in [1.82, 2.24) is 10.1 Å². The van der Waals surface area contributed by atoms with Crippen molar-refractivity contribution in [3.05, 3.63) is 52.9 Å². The Hall–Kier alpha value is -2.63. The maximum atomic E-state index is 12.9. The molecule has 0 saturated carbocycles. The summed E-state index contributed by atoms with van der Waals surface area (Å²) < 4.78 is 5.35. The molecule has 6 heteroatoms. The monoisotopic (exact) mass is 328 g/mol. The summed E-state index contributed by atoms with van der Waals surface area (Å²) in [5, 5.41) is 13.1. The van der Waals surface area contributed by atoms with Crippen molar-refractivity contribution in [2.75, 3.05) is 6.54 Å². The van der Waals surface area contributed by atoms with E-state index in [0.717, 1.165) is 49.0 Å². The molecule has 0 radical (unpaired) electrons. The van der Waals surface area contributed by atoms with E-state index >= 15 is 0 Å². The van der Waals surface area contributed by atoms with Crippen molar-refractivity contribution in [3.8, 4) is 0 Å². The van der Waals surface area contributed by atoms with Gasteiger partial charge in [0.15, 0.2) is 5.69 Å². The SMILES string of the molecule is O=C(O)CN(Cc1ccccc1)C(=O)c1noc2c1CCCCC2. The summed E-state index contributed by atoms with van der Waals surface area (Å²) in [5.74, 6) is -0.659. The average molecular weight is 328 g/mol. The smallest absolute Gasteiger partial charge is 0.323 e. The fraction of sp³-hybridized carbons (Fsp3) is 0.389. The van der Waals surface area contributed by atoms with E-state index in [9.17, 15) is 9.59 Å². The molecule has 1 heterocycles. The number of aryl methyl sites for hydroxylation is 1. The first-order chi connectivity index (χ1) is 11.6. The van der Waals surface area contributed by atoms with Crippen molar-refractivity contribution in [2.45, 2.75) is 38.6 Å². The average Bonchev–Trinajstić information content (AvgIpc) is 2.82. The van der Waals surface area contributed by atoms with E-state index in [1.54, 1.807) is 0 Å². The summed E-state index contributed by atoms with van der Waals surface area (Å²) in [7, 11) is 0. The minimum absolute atomic E-state index is 0.230. The van der Waals surface area contributed by atoms with Gasteiger partial charge in [-0.25, -0.2) is 0 Å². The van der Waals surface area contributed by atoms with Gasteiger partial charge in [-0.3, -0.25) is 9.59 Å². The second-order valence-corrected chi connectivity index (χ2v) is 6.03. The zero-order valence-corrected chi connectivity index (χ0v) is 13.4. The van der Waals surface area contributed by atoms with Crippen molar-refractivity contribution < 1.29 is 19.2 Å². The van der Waals surface area contributed by atoms with E-state index in [4.69, 9.17) is 9.63 Å². The highest BCUT2D eigenvalue weighted by Crippen LogP contribution is 2.25. The number of fused-ring (bicyclic) bond motifs is 1. The Kier molecular flexibility index (Phi) is 4.93. The Morgan fingerprint density at radius 1 is 1.12 bits per heavy atom. The molecule has 6 nitrogen and oxygen atoms in total. The number of nitrogens with zero attached hydrogens (tertiary/aromatic N) is 2. The number of aliphatic carboxylic acids is 1. The van der Waals surface area contributed by atoms with Crippen LogP contribution >= 0.6 is 0 Å². The number of amides is 1. The minimum Gasteiger partial charge on any atom is -0.480 e. The Balaban J connectivity index is 1.86. The lowest BCUT2D eigenvalue weighted by atomic mass is 10.1. The fourth-order valence-electron chi connectivity index (χ4n) is 3.05. The van der Waals surface area contributed by atoms with Crippen LogP contribution in [0.5, 0.6) is 0 Å². The normalized spacial score (nSPS) is 13.8. The van der Waals surface area contributed by atoms with Crippen molar-refractivity contribution in [2.24, 2.45) is 0 Å². The van der Waals surface area contributed by atoms with E-state index in [-0.39, 0.29) is 24.7 Å². The van der Waals surface area contributed by atoms with Gasteiger partial charge in [0.2, 0.25) is 0 Å². The molecule has 1 aromatic carbocycles. The van der Waals surface area contributed by atoms with Crippen molar-refractivity contribution in [3.63, 3.8) is 0 Å². The predicted octanol–water partition coefficient (Wildman–Crippen LogP) is 2.67. The zero-order valence-electron chi connectivity index (χ0n) is 13.4. The van der Waals surface area contributed by atoms with Crippen LogP contribution in [0.4, 0.5) is 0 Å². The predicted molar refractivity (Wildman–Crippen MR) is 86.6 cm³/mol. The van der Waals surface area contributed by atoms with Crippen LogP contribution in [-0.2, 0) is 24.2 Å². The van der Waals surface area contributed by atoms with Gasteiger partial charge in [0.25, 0.3) is 5.91 Å². The standard InChI is InChI=1S/C18H20N2O4/c21-16(22)12-20(11-13-7-3-1-4-8-13)18(23)17-14-9-5-2-6-10-15(14)24-19-17/h1,3-4,7-8H,2,5-6,9-12H2,(H,21,22). The van der Waals surface area contributed by atoms with Gasteiger partial charge in [-0.15, -0.1) is 0 Å². The summed E-state index contributed by atoms with van der Waals surface area (Å²) in [6, 6.07) is 9.34. The van der Waals surface area contributed by atoms with Crippen molar-refractivity contribution in [1.29, 1.82) is 0 Å². The topological polar surface area (TPSA) is 83.6 Å². The molecule has 0 saturated heterocycles. The van der Waals surface area contributed by atoms with Crippen LogP contribution in [-0.4, -0.2) is 33.6 Å². The van der Waals surface area contributed by atoms with Crippen LogP contribution in [0.15, 0.2) is 34.9 Å². The van der Waals surface area contributed by atoms with E-state index in [2.05, 4.69) is 5.16 Å². The highest BCUT2D eigenvalue weighted by atomic mass is 16.5. The zero-order chi connectivity index (χ0) is 16.9. The summed E-state index contributed by atoms with van der Waals surface area (Å²) in [4.78, 5) is 25.4. The van der Waals surface area contributed by atoms with Gasteiger partial charge in [-0.2, -0.15) is 0 Å². The number of carbonyl (C=O) groups excluding carboxylic acids is 1. The van der Waals surface area contributed by atoms with Gasteiger partial charge in [0.05, 0.1) is 0 Å². The highest BCUT2D eigenvalue weighted by Gasteiger charge is 2.27. The molecule has 0 unspecified atom stereocenters. The minimum atomic E-state index is -1.05. The summed E-state index contributed by atoms with van der Waals surface area (Å²) in [6.45, 7) is -0.136. The molecule has 24 heavy (non-hydrogen) atoms. The second-order valence-electron chi connectivity index (χ2n) is 6.03. The maximum Gasteiger partial charge on any atom is 0.323 e. The first kappa shape index (κ1) is 16.2. The molecule has 1 aliphatic rings. The molecular weight excluding hydrogens is 308 g/mol. The molecule has 0 bridgehead atoms. The van der Waals surface area contributed by atoms with Gasteiger partial charge < -0.3 is 14.5 Å². The van der Waals surface area contributed by atoms with Gasteiger partial charge in [0.1, 0.15) is 12.3 Å². The molecule has 1 amide bonds. The van der Waals surface area contributed by atoms with Crippen LogP contribution in [0, 0.1) is 0 Å². The first-order valence-electron chi connectivity index (χ1n) is 8.17. The number of carboxylic acids is 1. The van der Waals surface area contributed by atoms with Gasteiger partial charge >= 0.3 is 5.97 Å².